The van der Waals surface area contributed by atoms with Crippen LogP contribution in [0.1, 0.15) is 11.1 Å². The quantitative estimate of drug-likeness (QED) is 0.493. The molecule has 0 spiro atoms. The lowest BCUT2D eigenvalue weighted by Gasteiger charge is -2.08. The Hall–Kier alpha value is -2.64. The molecule has 0 aliphatic heterocycles. The minimum Gasteiger partial charge on any atom is -0.301 e. The maximum absolute atomic E-state index is 12.4. The first-order chi connectivity index (χ1) is 13.1. The molecule has 0 aliphatic carbocycles. The van der Waals surface area contributed by atoms with E-state index in [2.05, 4.69) is 40.4 Å². The van der Waals surface area contributed by atoms with Gasteiger partial charge in [-0.2, -0.15) is 0 Å². The number of anilines is 1. The minimum absolute atomic E-state index is 0.0884. The number of rotatable bonds is 5. The van der Waals surface area contributed by atoms with Gasteiger partial charge in [-0.1, -0.05) is 41.3 Å². The Morgan fingerprint density at radius 3 is 2.89 bits per heavy atom. The lowest BCUT2D eigenvalue weighted by atomic mass is 10.2. The van der Waals surface area contributed by atoms with Crippen LogP contribution in [-0.4, -0.2) is 26.2 Å². The predicted octanol–water partition coefficient (Wildman–Crippen LogP) is 4.83. The second-order valence-corrected chi connectivity index (χ2v) is 8.22. The van der Waals surface area contributed by atoms with Crippen LogP contribution < -0.4 is 5.32 Å². The maximum Gasteiger partial charge on any atom is 0.236 e. The van der Waals surface area contributed by atoms with Gasteiger partial charge >= 0.3 is 0 Å². The summed E-state index contributed by atoms with van der Waals surface area (Å²) >= 11 is 2.90. The Bertz CT molecular complexity index is 1120. The Morgan fingerprint density at radius 2 is 2.04 bits per heavy atom. The zero-order valence-electron chi connectivity index (χ0n) is 15.0. The summed E-state index contributed by atoms with van der Waals surface area (Å²) in [5, 5.41) is 4.31. The van der Waals surface area contributed by atoms with E-state index in [0.717, 1.165) is 21.1 Å². The van der Waals surface area contributed by atoms with Gasteiger partial charge in [-0.3, -0.25) is 9.36 Å². The highest BCUT2D eigenvalue weighted by molar-refractivity contribution is 7.99. The van der Waals surface area contributed by atoms with Gasteiger partial charge in [-0.05, 0) is 49.2 Å². The van der Waals surface area contributed by atoms with Gasteiger partial charge < -0.3 is 5.32 Å². The van der Waals surface area contributed by atoms with E-state index >= 15 is 0 Å². The number of aromatic nitrogens is 3. The summed E-state index contributed by atoms with van der Waals surface area (Å²) in [5.41, 5.74) is 4.31. The molecule has 0 aliphatic rings. The highest BCUT2D eigenvalue weighted by Crippen LogP contribution is 2.27. The monoisotopic (exact) mass is 394 g/mol. The molecule has 0 radical (unpaired) electrons. The molecule has 0 saturated heterocycles. The Kier molecular flexibility index (Phi) is 4.96. The summed E-state index contributed by atoms with van der Waals surface area (Å²) in [6, 6.07) is 14.3. The molecular formula is C20H18N4OS2. The van der Waals surface area contributed by atoms with E-state index in [-0.39, 0.29) is 11.7 Å². The van der Waals surface area contributed by atoms with E-state index in [4.69, 9.17) is 0 Å². The van der Waals surface area contributed by atoms with Crippen molar-refractivity contribution in [3.63, 3.8) is 0 Å². The van der Waals surface area contributed by atoms with E-state index < -0.39 is 0 Å². The number of nitrogens with one attached hydrogen (secondary N) is 1. The third-order valence-corrected chi connectivity index (χ3v) is 5.91. The van der Waals surface area contributed by atoms with Crippen LogP contribution >= 0.6 is 23.1 Å². The van der Waals surface area contributed by atoms with Crippen LogP contribution in [0, 0.1) is 13.8 Å². The van der Waals surface area contributed by atoms with Crippen LogP contribution in [0.5, 0.6) is 0 Å². The zero-order chi connectivity index (χ0) is 18.8. The Morgan fingerprint density at radius 1 is 1.19 bits per heavy atom. The average molecular weight is 395 g/mol. The number of thiazole rings is 1. The minimum atomic E-state index is -0.0884. The van der Waals surface area contributed by atoms with Crippen LogP contribution in [0.25, 0.3) is 15.9 Å². The van der Waals surface area contributed by atoms with Crippen LogP contribution in [0.3, 0.4) is 0 Å². The summed E-state index contributed by atoms with van der Waals surface area (Å²) < 4.78 is 3.07. The van der Waals surface area contributed by atoms with E-state index in [1.807, 2.05) is 42.0 Å². The molecule has 2 aromatic heterocycles. The van der Waals surface area contributed by atoms with Crippen molar-refractivity contribution in [3.8, 4) is 5.69 Å². The van der Waals surface area contributed by atoms with Crippen molar-refractivity contribution in [2.75, 3.05) is 11.1 Å². The summed E-state index contributed by atoms with van der Waals surface area (Å²) in [5.74, 6) is 0.187. The van der Waals surface area contributed by atoms with Gasteiger partial charge in [0, 0.05) is 18.1 Å². The number of benzene rings is 2. The second-order valence-electron chi connectivity index (χ2n) is 6.25. The highest BCUT2D eigenvalue weighted by atomic mass is 32.2. The van der Waals surface area contributed by atoms with Crippen LogP contribution in [0.2, 0.25) is 0 Å². The SMILES string of the molecule is Cc1cccc(-n2ccnc2SCC(=O)Nc2nc3ccc(C)cc3s2)c1. The summed E-state index contributed by atoms with van der Waals surface area (Å²) in [4.78, 5) is 21.2. The molecule has 0 bridgehead atoms. The molecule has 2 heterocycles. The van der Waals surface area contributed by atoms with Crippen molar-refractivity contribution in [2.45, 2.75) is 19.0 Å². The van der Waals surface area contributed by atoms with Crippen molar-refractivity contribution in [1.29, 1.82) is 0 Å². The smallest absolute Gasteiger partial charge is 0.236 e. The third kappa shape index (κ3) is 4.04. The van der Waals surface area contributed by atoms with E-state index in [1.54, 1.807) is 6.20 Å². The Balaban J connectivity index is 1.43. The number of carbonyl (C=O) groups is 1. The van der Waals surface area contributed by atoms with E-state index in [1.165, 1.54) is 34.2 Å². The van der Waals surface area contributed by atoms with Gasteiger partial charge in [0.2, 0.25) is 5.91 Å². The van der Waals surface area contributed by atoms with Crippen molar-refractivity contribution in [3.05, 3.63) is 66.0 Å². The fourth-order valence-electron chi connectivity index (χ4n) is 2.74. The van der Waals surface area contributed by atoms with Crippen molar-refractivity contribution < 1.29 is 4.79 Å². The highest BCUT2D eigenvalue weighted by Gasteiger charge is 2.11. The zero-order valence-corrected chi connectivity index (χ0v) is 16.6. The standard InChI is InChI=1S/C20H18N4OS2/c1-13-4-3-5-15(10-13)24-9-8-21-20(24)26-12-18(25)23-19-22-16-7-6-14(2)11-17(16)27-19/h3-11H,12H2,1-2H3,(H,22,23,25). The van der Waals surface area contributed by atoms with Crippen molar-refractivity contribution >= 4 is 44.4 Å². The molecule has 0 fully saturated rings. The molecule has 0 atom stereocenters. The van der Waals surface area contributed by atoms with Gasteiger partial charge in [0.1, 0.15) is 0 Å². The number of thioether (sulfide) groups is 1. The van der Waals surface area contributed by atoms with Crippen molar-refractivity contribution in [1.82, 2.24) is 14.5 Å². The lowest BCUT2D eigenvalue weighted by Crippen LogP contribution is -2.14. The number of nitrogens with zero attached hydrogens (tertiary/aromatic N) is 3. The number of amides is 1. The maximum atomic E-state index is 12.4. The molecule has 27 heavy (non-hydrogen) atoms. The third-order valence-electron chi connectivity index (χ3n) is 4.01. The van der Waals surface area contributed by atoms with Gasteiger partial charge in [0.25, 0.3) is 0 Å². The molecule has 0 unspecified atom stereocenters. The molecular weight excluding hydrogens is 376 g/mol. The van der Waals surface area contributed by atoms with Crippen LogP contribution in [0.4, 0.5) is 5.13 Å². The molecule has 136 valence electrons. The summed E-state index contributed by atoms with van der Waals surface area (Å²) in [6.45, 7) is 4.10. The molecule has 2 aromatic carbocycles. The Labute approximate surface area is 165 Å². The van der Waals surface area contributed by atoms with Gasteiger partial charge in [0.05, 0.1) is 16.0 Å². The fraction of sp³-hybridized carbons (Fsp3) is 0.150. The molecule has 4 aromatic rings. The van der Waals surface area contributed by atoms with Crippen LogP contribution in [-0.2, 0) is 4.79 Å². The first-order valence-electron chi connectivity index (χ1n) is 8.49. The second kappa shape index (κ2) is 7.54. The number of hydrogen-bond acceptors (Lipinski definition) is 5. The summed E-state index contributed by atoms with van der Waals surface area (Å²) in [6.07, 6.45) is 3.66. The number of hydrogen-bond donors (Lipinski definition) is 1. The molecule has 4 rings (SSSR count). The predicted molar refractivity (Wildman–Crippen MR) is 112 cm³/mol. The van der Waals surface area contributed by atoms with Gasteiger partial charge in [-0.25, -0.2) is 9.97 Å². The molecule has 7 heteroatoms. The van der Waals surface area contributed by atoms with Crippen molar-refractivity contribution in [2.24, 2.45) is 0 Å². The van der Waals surface area contributed by atoms with Crippen LogP contribution in [0.15, 0.2) is 60.0 Å². The average Bonchev–Trinajstić information content (AvgIpc) is 3.25. The molecule has 1 amide bonds. The van der Waals surface area contributed by atoms with Gasteiger partial charge in [0.15, 0.2) is 10.3 Å². The first-order valence-corrected chi connectivity index (χ1v) is 10.3. The topological polar surface area (TPSA) is 59.8 Å². The summed E-state index contributed by atoms with van der Waals surface area (Å²) in [7, 11) is 0. The lowest BCUT2D eigenvalue weighted by molar-refractivity contribution is -0.113. The fourth-order valence-corrected chi connectivity index (χ4v) is 4.49. The normalized spacial score (nSPS) is 11.0. The molecule has 5 nitrogen and oxygen atoms in total. The number of imidazole rings is 1. The number of aryl methyl sites for hydroxylation is 2. The first kappa shape index (κ1) is 17.8. The number of fused-ring (bicyclic) bond motifs is 1. The van der Waals surface area contributed by atoms with E-state index in [0.29, 0.717) is 5.13 Å². The largest absolute Gasteiger partial charge is 0.301 e. The number of carbonyl (C=O) groups excluding carboxylic acids is 1. The van der Waals surface area contributed by atoms with E-state index in [9.17, 15) is 4.79 Å². The molecule has 1 N–H and O–H groups in total. The molecule has 0 saturated carbocycles. The van der Waals surface area contributed by atoms with Gasteiger partial charge in [-0.15, -0.1) is 0 Å².